The molecule has 0 radical (unpaired) electrons. The van der Waals surface area contributed by atoms with Crippen molar-refractivity contribution in [2.24, 2.45) is 0 Å². The van der Waals surface area contributed by atoms with Gasteiger partial charge in [0.25, 0.3) is 0 Å². The van der Waals surface area contributed by atoms with Crippen molar-refractivity contribution in [2.45, 2.75) is 6.54 Å². The van der Waals surface area contributed by atoms with Crippen molar-refractivity contribution in [1.82, 2.24) is 9.78 Å². The van der Waals surface area contributed by atoms with Crippen LogP contribution in [0.5, 0.6) is 11.5 Å². The Hall–Kier alpha value is -3.80. The summed E-state index contributed by atoms with van der Waals surface area (Å²) in [5.74, 6) is -0.558. The Bertz CT molecular complexity index is 1110. The third-order valence-electron chi connectivity index (χ3n) is 4.45. The molecule has 4 rings (SSSR count). The lowest BCUT2D eigenvalue weighted by atomic mass is 10.0. The Morgan fingerprint density at radius 1 is 0.893 bits per heavy atom. The predicted octanol–water partition coefficient (Wildman–Crippen LogP) is 4.70. The van der Waals surface area contributed by atoms with Crippen LogP contribution < -0.4 is 5.32 Å². The number of benzene rings is 3. The molecule has 0 bridgehead atoms. The van der Waals surface area contributed by atoms with Gasteiger partial charge in [-0.05, 0) is 36.4 Å². The summed E-state index contributed by atoms with van der Waals surface area (Å²) < 4.78 is 15.7. The van der Waals surface area contributed by atoms with E-state index in [0.717, 1.165) is 5.69 Å². The highest BCUT2D eigenvalue weighted by Crippen LogP contribution is 2.36. The van der Waals surface area contributed by atoms with Gasteiger partial charge < -0.3 is 15.5 Å². The van der Waals surface area contributed by atoms with Gasteiger partial charge in [0.15, 0.2) is 0 Å². The first-order valence-corrected chi connectivity index (χ1v) is 8.76. The maximum atomic E-state index is 14.2. The molecule has 3 N–H and O–H groups in total. The number of hydrogen-bond donors (Lipinski definition) is 3. The van der Waals surface area contributed by atoms with Gasteiger partial charge in [-0.2, -0.15) is 5.10 Å². The van der Waals surface area contributed by atoms with Crippen molar-refractivity contribution in [3.63, 3.8) is 0 Å². The van der Waals surface area contributed by atoms with E-state index >= 15 is 0 Å². The van der Waals surface area contributed by atoms with E-state index in [0.29, 0.717) is 23.4 Å². The first-order valence-electron chi connectivity index (χ1n) is 8.76. The summed E-state index contributed by atoms with van der Waals surface area (Å²) in [6.45, 7) is 0.358. The molecule has 4 aromatic rings. The summed E-state index contributed by atoms with van der Waals surface area (Å²) in [6.07, 6.45) is 1.54. The van der Waals surface area contributed by atoms with E-state index in [1.165, 1.54) is 23.0 Å². The predicted molar refractivity (Wildman–Crippen MR) is 106 cm³/mol. The van der Waals surface area contributed by atoms with Crippen LogP contribution in [0.4, 0.5) is 10.1 Å². The lowest BCUT2D eigenvalue weighted by Crippen LogP contribution is -2.03. The zero-order chi connectivity index (χ0) is 19.5. The van der Waals surface area contributed by atoms with Crippen LogP contribution in [0, 0.1) is 5.82 Å². The standard InChI is InChI=1S/C22H18FN3O2/c23-18-8-4-5-9-20(18)26-19(10-11-25-26)17-12-15(21(27)13-22(17)28)14-24-16-6-2-1-3-7-16/h1-13,24,27-28H,14H2. The number of aromatic nitrogens is 2. The summed E-state index contributed by atoms with van der Waals surface area (Å²) in [7, 11) is 0. The molecule has 0 fully saturated rings. The average Bonchev–Trinajstić information content (AvgIpc) is 3.18. The van der Waals surface area contributed by atoms with Crippen molar-refractivity contribution < 1.29 is 14.6 Å². The lowest BCUT2D eigenvalue weighted by Gasteiger charge is -2.14. The monoisotopic (exact) mass is 375 g/mol. The zero-order valence-electron chi connectivity index (χ0n) is 14.9. The largest absolute Gasteiger partial charge is 0.507 e. The molecule has 0 aliphatic heterocycles. The minimum atomic E-state index is -0.420. The third kappa shape index (κ3) is 3.40. The Balaban J connectivity index is 1.71. The van der Waals surface area contributed by atoms with Crippen LogP contribution in [-0.4, -0.2) is 20.0 Å². The molecule has 0 aliphatic carbocycles. The quantitative estimate of drug-likeness (QED) is 0.473. The topological polar surface area (TPSA) is 70.3 Å². The maximum Gasteiger partial charge on any atom is 0.148 e. The molecule has 6 heteroatoms. The van der Waals surface area contributed by atoms with Crippen LogP contribution in [0.1, 0.15) is 5.56 Å². The number of anilines is 1. The van der Waals surface area contributed by atoms with E-state index in [1.807, 2.05) is 30.3 Å². The number of nitrogens with one attached hydrogen (secondary N) is 1. The summed E-state index contributed by atoms with van der Waals surface area (Å²) in [4.78, 5) is 0. The maximum absolute atomic E-state index is 14.2. The number of hydrogen-bond acceptors (Lipinski definition) is 4. The molecule has 0 saturated heterocycles. The fourth-order valence-corrected chi connectivity index (χ4v) is 3.04. The highest BCUT2D eigenvalue weighted by molar-refractivity contribution is 5.71. The van der Waals surface area contributed by atoms with Gasteiger partial charge in [-0.15, -0.1) is 0 Å². The van der Waals surface area contributed by atoms with Gasteiger partial charge in [-0.1, -0.05) is 30.3 Å². The van der Waals surface area contributed by atoms with Crippen LogP contribution in [0.2, 0.25) is 0 Å². The first kappa shape index (κ1) is 17.6. The minimum Gasteiger partial charge on any atom is -0.507 e. The number of phenolic OH excluding ortho intramolecular Hbond substituents is 2. The highest BCUT2D eigenvalue weighted by atomic mass is 19.1. The van der Waals surface area contributed by atoms with E-state index in [2.05, 4.69) is 10.4 Å². The van der Waals surface area contributed by atoms with Gasteiger partial charge in [-0.3, -0.25) is 0 Å². The molecular formula is C22H18FN3O2. The zero-order valence-corrected chi connectivity index (χ0v) is 14.9. The lowest BCUT2D eigenvalue weighted by molar-refractivity contribution is 0.447. The summed E-state index contributed by atoms with van der Waals surface area (Å²) in [5, 5.41) is 28.1. The van der Waals surface area contributed by atoms with Gasteiger partial charge in [0.1, 0.15) is 23.0 Å². The van der Waals surface area contributed by atoms with Crippen molar-refractivity contribution in [3.8, 4) is 28.4 Å². The molecule has 0 unspecified atom stereocenters. The fraction of sp³-hybridized carbons (Fsp3) is 0.0455. The molecule has 0 amide bonds. The second-order valence-electron chi connectivity index (χ2n) is 6.30. The SMILES string of the molecule is Oc1cc(O)c(-c2ccnn2-c2ccccc2F)cc1CNc1ccccc1. The second-order valence-corrected chi connectivity index (χ2v) is 6.30. The molecule has 0 spiro atoms. The highest BCUT2D eigenvalue weighted by Gasteiger charge is 2.16. The van der Waals surface area contributed by atoms with Crippen LogP contribution >= 0.6 is 0 Å². The number of rotatable bonds is 5. The molecule has 0 aliphatic rings. The number of phenols is 2. The van der Waals surface area contributed by atoms with E-state index in [-0.39, 0.29) is 17.2 Å². The minimum absolute atomic E-state index is 0.0263. The fourth-order valence-electron chi connectivity index (χ4n) is 3.04. The molecule has 0 atom stereocenters. The number of aromatic hydroxyl groups is 2. The summed E-state index contributed by atoms with van der Waals surface area (Å²) in [6, 6.07) is 20.5. The molecule has 28 heavy (non-hydrogen) atoms. The molecular weight excluding hydrogens is 357 g/mol. The molecule has 3 aromatic carbocycles. The van der Waals surface area contributed by atoms with Crippen LogP contribution in [0.15, 0.2) is 79.0 Å². The molecule has 5 nitrogen and oxygen atoms in total. The molecule has 1 aromatic heterocycles. The Labute approximate surface area is 161 Å². The van der Waals surface area contributed by atoms with E-state index < -0.39 is 5.82 Å². The normalized spacial score (nSPS) is 10.8. The van der Waals surface area contributed by atoms with Crippen molar-refractivity contribution in [1.29, 1.82) is 0 Å². The average molecular weight is 375 g/mol. The van der Waals surface area contributed by atoms with E-state index in [4.69, 9.17) is 0 Å². The van der Waals surface area contributed by atoms with Crippen molar-refractivity contribution in [2.75, 3.05) is 5.32 Å². The van der Waals surface area contributed by atoms with Gasteiger partial charge in [0.05, 0.1) is 11.9 Å². The molecule has 0 saturated carbocycles. The molecule has 140 valence electrons. The van der Waals surface area contributed by atoms with Crippen LogP contribution in [0.25, 0.3) is 16.9 Å². The van der Waals surface area contributed by atoms with Crippen LogP contribution in [-0.2, 0) is 6.54 Å². The smallest absolute Gasteiger partial charge is 0.148 e. The third-order valence-corrected chi connectivity index (χ3v) is 4.45. The van der Waals surface area contributed by atoms with E-state index in [1.54, 1.807) is 30.3 Å². The summed E-state index contributed by atoms with van der Waals surface area (Å²) >= 11 is 0. The van der Waals surface area contributed by atoms with Crippen LogP contribution in [0.3, 0.4) is 0 Å². The Kier molecular flexibility index (Phi) is 4.68. The molecule has 1 heterocycles. The van der Waals surface area contributed by atoms with Gasteiger partial charge >= 0.3 is 0 Å². The van der Waals surface area contributed by atoms with Crippen molar-refractivity contribution in [3.05, 3.63) is 90.4 Å². The Morgan fingerprint density at radius 3 is 2.43 bits per heavy atom. The van der Waals surface area contributed by atoms with E-state index in [9.17, 15) is 14.6 Å². The Morgan fingerprint density at radius 2 is 1.64 bits per heavy atom. The van der Waals surface area contributed by atoms with Gasteiger partial charge in [0.2, 0.25) is 0 Å². The number of halogens is 1. The number of para-hydroxylation sites is 2. The van der Waals surface area contributed by atoms with Crippen molar-refractivity contribution >= 4 is 5.69 Å². The van der Waals surface area contributed by atoms with Gasteiger partial charge in [-0.25, -0.2) is 9.07 Å². The second kappa shape index (κ2) is 7.44. The number of nitrogens with zero attached hydrogens (tertiary/aromatic N) is 2. The first-order chi connectivity index (χ1) is 13.6. The van der Waals surface area contributed by atoms with Gasteiger partial charge in [0, 0.05) is 29.4 Å². The summed E-state index contributed by atoms with van der Waals surface area (Å²) in [5.41, 5.74) is 2.75.